The standard InChI is InChI=1S/C21H27NO3/c1-14(2)24-19-10-7-9-18(12-19)13-22-21(23)17(5)25-20-11-6-8-15(3)16(20)4/h6-12,14,17H,13H2,1-5H3,(H,22,23). The zero-order valence-corrected chi connectivity index (χ0v) is 15.6. The van der Waals surface area contributed by atoms with Crippen LogP contribution in [0.4, 0.5) is 0 Å². The molecule has 0 aliphatic carbocycles. The number of benzene rings is 2. The van der Waals surface area contributed by atoms with Crippen molar-refractivity contribution >= 4 is 5.91 Å². The fourth-order valence-electron chi connectivity index (χ4n) is 2.43. The number of ether oxygens (including phenoxy) is 2. The Morgan fingerprint density at radius 3 is 2.48 bits per heavy atom. The number of amides is 1. The molecule has 0 spiro atoms. The Morgan fingerprint density at radius 1 is 1.04 bits per heavy atom. The van der Waals surface area contributed by atoms with Crippen LogP contribution in [0, 0.1) is 13.8 Å². The molecular weight excluding hydrogens is 314 g/mol. The van der Waals surface area contributed by atoms with E-state index in [1.807, 2.05) is 70.2 Å². The molecule has 0 heterocycles. The second-order valence-electron chi connectivity index (χ2n) is 6.49. The van der Waals surface area contributed by atoms with Crippen LogP contribution in [0.3, 0.4) is 0 Å². The van der Waals surface area contributed by atoms with Crippen molar-refractivity contribution in [1.82, 2.24) is 5.32 Å². The van der Waals surface area contributed by atoms with Crippen LogP contribution in [-0.2, 0) is 11.3 Å². The molecule has 4 nitrogen and oxygen atoms in total. The lowest BCUT2D eigenvalue weighted by Gasteiger charge is -2.17. The van der Waals surface area contributed by atoms with Gasteiger partial charge in [-0.1, -0.05) is 24.3 Å². The third kappa shape index (κ3) is 5.52. The van der Waals surface area contributed by atoms with E-state index in [9.17, 15) is 4.79 Å². The molecule has 0 saturated carbocycles. The van der Waals surface area contributed by atoms with Crippen molar-refractivity contribution in [2.45, 2.75) is 53.4 Å². The maximum absolute atomic E-state index is 12.3. The van der Waals surface area contributed by atoms with Crippen LogP contribution in [0.25, 0.3) is 0 Å². The van der Waals surface area contributed by atoms with Crippen LogP contribution in [0.5, 0.6) is 11.5 Å². The van der Waals surface area contributed by atoms with E-state index in [4.69, 9.17) is 9.47 Å². The summed E-state index contributed by atoms with van der Waals surface area (Å²) in [5.74, 6) is 1.41. The minimum Gasteiger partial charge on any atom is -0.491 e. The molecule has 2 aromatic rings. The summed E-state index contributed by atoms with van der Waals surface area (Å²) in [4.78, 5) is 12.3. The van der Waals surface area contributed by atoms with E-state index in [2.05, 4.69) is 5.32 Å². The summed E-state index contributed by atoms with van der Waals surface area (Å²) < 4.78 is 11.5. The number of carbonyl (C=O) groups excluding carboxylic acids is 1. The van der Waals surface area contributed by atoms with Crippen LogP contribution in [-0.4, -0.2) is 18.1 Å². The average molecular weight is 341 g/mol. The minimum atomic E-state index is -0.560. The number of hydrogen-bond acceptors (Lipinski definition) is 3. The van der Waals surface area contributed by atoms with Crippen LogP contribution >= 0.6 is 0 Å². The normalized spacial score (nSPS) is 11.9. The molecule has 2 rings (SSSR count). The van der Waals surface area contributed by atoms with E-state index < -0.39 is 6.10 Å². The van der Waals surface area contributed by atoms with E-state index in [1.54, 1.807) is 6.92 Å². The minimum absolute atomic E-state index is 0.121. The third-order valence-corrected chi connectivity index (χ3v) is 3.96. The predicted molar refractivity (Wildman–Crippen MR) is 100 cm³/mol. The molecule has 0 radical (unpaired) electrons. The summed E-state index contributed by atoms with van der Waals surface area (Å²) in [6, 6.07) is 13.6. The fourth-order valence-corrected chi connectivity index (χ4v) is 2.43. The summed E-state index contributed by atoms with van der Waals surface area (Å²) in [6.07, 6.45) is -0.438. The van der Waals surface area contributed by atoms with Crippen molar-refractivity contribution in [2.24, 2.45) is 0 Å². The van der Waals surface area contributed by atoms with Gasteiger partial charge in [0.2, 0.25) is 0 Å². The van der Waals surface area contributed by atoms with Crippen molar-refractivity contribution in [1.29, 1.82) is 0 Å². The molecule has 0 aliphatic rings. The molecule has 0 fully saturated rings. The number of rotatable bonds is 7. The first-order valence-electron chi connectivity index (χ1n) is 8.63. The van der Waals surface area contributed by atoms with Crippen LogP contribution < -0.4 is 14.8 Å². The first-order chi connectivity index (χ1) is 11.9. The second kappa shape index (κ2) is 8.56. The topological polar surface area (TPSA) is 47.6 Å². The highest BCUT2D eigenvalue weighted by Crippen LogP contribution is 2.21. The van der Waals surface area contributed by atoms with Gasteiger partial charge in [-0.05, 0) is 69.5 Å². The monoisotopic (exact) mass is 341 g/mol. The van der Waals surface area contributed by atoms with Gasteiger partial charge in [-0.15, -0.1) is 0 Å². The lowest BCUT2D eigenvalue weighted by molar-refractivity contribution is -0.127. The molecule has 1 atom stereocenters. The van der Waals surface area contributed by atoms with Crippen molar-refractivity contribution in [3.05, 3.63) is 59.2 Å². The van der Waals surface area contributed by atoms with Gasteiger partial charge in [0.25, 0.3) is 5.91 Å². The molecule has 0 aromatic heterocycles. The first kappa shape index (κ1) is 18.8. The van der Waals surface area contributed by atoms with Crippen LogP contribution in [0.2, 0.25) is 0 Å². The largest absolute Gasteiger partial charge is 0.491 e. The first-order valence-corrected chi connectivity index (χ1v) is 8.63. The highest BCUT2D eigenvalue weighted by atomic mass is 16.5. The van der Waals surface area contributed by atoms with Gasteiger partial charge in [0, 0.05) is 6.54 Å². The SMILES string of the molecule is Cc1cccc(OC(C)C(=O)NCc2cccc(OC(C)C)c2)c1C. The highest BCUT2D eigenvalue weighted by Gasteiger charge is 2.15. The van der Waals surface area contributed by atoms with Gasteiger partial charge in [0.15, 0.2) is 6.10 Å². The molecular formula is C21H27NO3. The maximum atomic E-state index is 12.3. The van der Waals surface area contributed by atoms with Gasteiger partial charge in [0.05, 0.1) is 6.10 Å². The third-order valence-electron chi connectivity index (χ3n) is 3.96. The Hall–Kier alpha value is -2.49. The molecule has 2 aromatic carbocycles. The molecule has 0 saturated heterocycles. The van der Waals surface area contributed by atoms with E-state index in [-0.39, 0.29) is 12.0 Å². The Bertz CT molecular complexity index is 725. The molecule has 134 valence electrons. The maximum Gasteiger partial charge on any atom is 0.261 e. The Labute approximate surface area is 150 Å². The van der Waals surface area contributed by atoms with Crippen LogP contribution in [0.15, 0.2) is 42.5 Å². The predicted octanol–water partition coefficient (Wildman–Crippen LogP) is 4.17. The smallest absolute Gasteiger partial charge is 0.261 e. The van der Waals surface area contributed by atoms with Gasteiger partial charge >= 0.3 is 0 Å². The summed E-state index contributed by atoms with van der Waals surface area (Å²) in [5, 5.41) is 2.91. The number of carbonyl (C=O) groups is 1. The Balaban J connectivity index is 1.92. The Kier molecular flexibility index (Phi) is 6.45. The lowest BCUT2D eigenvalue weighted by Crippen LogP contribution is -2.36. The molecule has 1 unspecified atom stereocenters. The van der Waals surface area contributed by atoms with E-state index in [0.29, 0.717) is 6.54 Å². The lowest BCUT2D eigenvalue weighted by atomic mass is 10.1. The van der Waals surface area contributed by atoms with Crippen molar-refractivity contribution in [2.75, 3.05) is 0 Å². The van der Waals surface area contributed by atoms with Crippen LogP contribution in [0.1, 0.15) is 37.5 Å². The van der Waals surface area contributed by atoms with E-state index in [0.717, 1.165) is 28.2 Å². The van der Waals surface area contributed by atoms with Crippen molar-refractivity contribution < 1.29 is 14.3 Å². The molecule has 25 heavy (non-hydrogen) atoms. The highest BCUT2D eigenvalue weighted by molar-refractivity contribution is 5.80. The molecule has 1 amide bonds. The van der Waals surface area contributed by atoms with Crippen molar-refractivity contribution in [3.8, 4) is 11.5 Å². The van der Waals surface area contributed by atoms with Gasteiger partial charge in [-0.2, -0.15) is 0 Å². The molecule has 4 heteroatoms. The van der Waals surface area contributed by atoms with Gasteiger partial charge in [-0.25, -0.2) is 0 Å². The van der Waals surface area contributed by atoms with Gasteiger partial charge < -0.3 is 14.8 Å². The quantitative estimate of drug-likeness (QED) is 0.822. The molecule has 1 N–H and O–H groups in total. The van der Waals surface area contributed by atoms with E-state index >= 15 is 0 Å². The van der Waals surface area contributed by atoms with Gasteiger partial charge in [-0.3, -0.25) is 4.79 Å². The Morgan fingerprint density at radius 2 is 1.76 bits per heavy atom. The molecule has 0 bridgehead atoms. The van der Waals surface area contributed by atoms with E-state index in [1.165, 1.54) is 0 Å². The average Bonchev–Trinajstić information content (AvgIpc) is 2.56. The number of nitrogens with one attached hydrogen (secondary N) is 1. The number of hydrogen-bond donors (Lipinski definition) is 1. The fraction of sp³-hybridized carbons (Fsp3) is 0.381. The second-order valence-corrected chi connectivity index (χ2v) is 6.49. The van der Waals surface area contributed by atoms with Gasteiger partial charge in [0.1, 0.15) is 11.5 Å². The summed E-state index contributed by atoms with van der Waals surface area (Å²) in [5.41, 5.74) is 3.19. The molecule has 0 aliphatic heterocycles. The van der Waals surface area contributed by atoms with Crippen molar-refractivity contribution in [3.63, 3.8) is 0 Å². The zero-order valence-electron chi connectivity index (χ0n) is 15.6. The summed E-state index contributed by atoms with van der Waals surface area (Å²) in [6.45, 7) is 10.2. The number of aryl methyl sites for hydroxylation is 1. The summed E-state index contributed by atoms with van der Waals surface area (Å²) in [7, 11) is 0. The summed E-state index contributed by atoms with van der Waals surface area (Å²) >= 11 is 0. The zero-order chi connectivity index (χ0) is 18.4.